The van der Waals surface area contributed by atoms with E-state index in [1.807, 2.05) is 18.2 Å². The van der Waals surface area contributed by atoms with Crippen LogP contribution in [0.1, 0.15) is 70.8 Å². The maximum Gasteiger partial charge on any atom is 0.132 e. The van der Waals surface area contributed by atoms with Gasteiger partial charge in [-0.05, 0) is 25.3 Å². The number of hydrogen-bond donors (Lipinski definition) is 2. The molecule has 3 nitrogen and oxygen atoms in total. The monoisotopic (exact) mass is 302 g/mol. The second kappa shape index (κ2) is 8.23. The van der Waals surface area contributed by atoms with Gasteiger partial charge in [-0.3, -0.25) is 5.21 Å². The van der Waals surface area contributed by atoms with Crippen LogP contribution in [0.25, 0.3) is 5.70 Å². The van der Waals surface area contributed by atoms with Crippen molar-refractivity contribution in [2.24, 2.45) is 0 Å². The van der Waals surface area contributed by atoms with Crippen molar-refractivity contribution >= 4 is 5.70 Å². The first kappa shape index (κ1) is 16.9. The van der Waals surface area contributed by atoms with Gasteiger partial charge in [0.15, 0.2) is 0 Å². The largest absolute Gasteiger partial charge is 0.359 e. The first-order valence-corrected chi connectivity index (χ1v) is 8.69. The fourth-order valence-corrected chi connectivity index (χ4v) is 3.01. The van der Waals surface area contributed by atoms with Gasteiger partial charge in [0.2, 0.25) is 0 Å². The summed E-state index contributed by atoms with van der Waals surface area (Å²) < 4.78 is 0. The summed E-state index contributed by atoms with van der Waals surface area (Å²) in [6.07, 6.45) is 11.8. The Kier molecular flexibility index (Phi) is 6.32. The van der Waals surface area contributed by atoms with E-state index in [0.29, 0.717) is 0 Å². The lowest BCUT2D eigenvalue weighted by molar-refractivity contribution is -0.124. The quantitative estimate of drug-likeness (QED) is 0.620. The Hall–Kier alpha value is -1.48. The van der Waals surface area contributed by atoms with Gasteiger partial charge in [-0.1, -0.05) is 75.8 Å². The van der Waals surface area contributed by atoms with E-state index in [0.717, 1.165) is 24.1 Å². The zero-order chi connectivity index (χ0) is 15.8. The molecular formula is C19H30N2O. The lowest BCUT2D eigenvalue weighted by Crippen LogP contribution is -2.47. The van der Waals surface area contributed by atoms with Crippen LogP contribution in [0.4, 0.5) is 0 Å². The fraction of sp³-hybridized carbons (Fsp3) is 0.579. The van der Waals surface area contributed by atoms with Crippen molar-refractivity contribution in [3.63, 3.8) is 0 Å². The molecule has 122 valence electrons. The summed E-state index contributed by atoms with van der Waals surface area (Å²) in [5.41, 5.74) is 1.73. The van der Waals surface area contributed by atoms with Crippen molar-refractivity contribution < 1.29 is 5.21 Å². The average molecular weight is 302 g/mol. The van der Waals surface area contributed by atoms with Crippen molar-refractivity contribution in [2.75, 3.05) is 0 Å². The number of rotatable bonds is 9. The van der Waals surface area contributed by atoms with Gasteiger partial charge in [0.25, 0.3) is 0 Å². The molecular weight excluding hydrogens is 272 g/mol. The van der Waals surface area contributed by atoms with Crippen molar-refractivity contribution in [1.29, 1.82) is 0 Å². The molecule has 0 fully saturated rings. The molecule has 0 saturated heterocycles. The predicted molar refractivity (Wildman–Crippen MR) is 92.2 cm³/mol. The Morgan fingerprint density at radius 2 is 1.64 bits per heavy atom. The predicted octanol–water partition coefficient (Wildman–Crippen LogP) is 5.14. The van der Waals surface area contributed by atoms with Crippen molar-refractivity contribution in [3.05, 3.63) is 42.1 Å². The molecule has 3 heteroatoms. The van der Waals surface area contributed by atoms with Crippen LogP contribution in [0.5, 0.6) is 0 Å². The van der Waals surface area contributed by atoms with Crippen molar-refractivity contribution in [1.82, 2.24) is 10.4 Å². The first-order valence-electron chi connectivity index (χ1n) is 8.69. The van der Waals surface area contributed by atoms with Crippen LogP contribution < -0.4 is 5.32 Å². The third kappa shape index (κ3) is 4.51. The highest BCUT2D eigenvalue weighted by molar-refractivity contribution is 5.65. The summed E-state index contributed by atoms with van der Waals surface area (Å²) in [5, 5.41) is 15.1. The Morgan fingerprint density at radius 1 is 1.00 bits per heavy atom. The summed E-state index contributed by atoms with van der Waals surface area (Å²) in [4.78, 5) is 0. The van der Waals surface area contributed by atoms with E-state index in [9.17, 15) is 5.21 Å². The number of nitrogens with zero attached hydrogens (tertiary/aromatic N) is 1. The zero-order valence-corrected chi connectivity index (χ0v) is 14.0. The Morgan fingerprint density at radius 3 is 2.32 bits per heavy atom. The highest BCUT2D eigenvalue weighted by Gasteiger charge is 2.35. The average Bonchev–Trinajstić information content (AvgIpc) is 2.83. The molecule has 2 N–H and O–H groups in total. The van der Waals surface area contributed by atoms with Gasteiger partial charge in [0.1, 0.15) is 5.66 Å². The highest BCUT2D eigenvalue weighted by Crippen LogP contribution is 2.29. The van der Waals surface area contributed by atoms with Crippen LogP contribution in [-0.4, -0.2) is 15.9 Å². The molecule has 22 heavy (non-hydrogen) atoms. The molecule has 0 amide bonds. The lowest BCUT2D eigenvalue weighted by atomic mass is 10.0. The topological polar surface area (TPSA) is 35.5 Å². The second-order valence-electron chi connectivity index (χ2n) is 6.52. The van der Waals surface area contributed by atoms with Crippen LogP contribution in [0.15, 0.2) is 36.5 Å². The molecule has 1 unspecified atom stereocenters. The summed E-state index contributed by atoms with van der Waals surface area (Å²) in [6.45, 7) is 4.32. The number of benzene rings is 1. The minimum absolute atomic E-state index is 0.380. The zero-order valence-electron chi connectivity index (χ0n) is 14.0. The van der Waals surface area contributed by atoms with Crippen molar-refractivity contribution in [2.45, 2.75) is 70.9 Å². The molecule has 1 aliphatic heterocycles. The van der Waals surface area contributed by atoms with Crippen LogP contribution >= 0.6 is 0 Å². The molecule has 2 rings (SSSR count). The van der Waals surface area contributed by atoms with E-state index in [2.05, 4.69) is 31.3 Å². The lowest BCUT2D eigenvalue weighted by Gasteiger charge is -2.32. The van der Waals surface area contributed by atoms with E-state index in [4.69, 9.17) is 0 Å². The van der Waals surface area contributed by atoms with Gasteiger partial charge in [0, 0.05) is 0 Å². The van der Waals surface area contributed by atoms with Crippen LogP contribution in [0.2, 0.25) is 0 Å². The number of hydroxylamine groups is 2. The fourth-order valence-electron chi connectivity index (χ4n) is 3.01. The van der Waals surface area contributed by atoms with Gasteiger partial charge in [0.05, 0.1) is 11.9 Å². The smallest absolute Gasteiger partial charge is 0.132 e. The molecule has 1 aromatic rings. The molecule has 0 saturated carbocycles. The number of nitrogens with one attached hydrogen (secondary N) is 1. The summed E-state index contributed by atoms with van der Waals surface area (Å²) >= 11 is 0. The van der Waals surface area contributed by atoms with E-state index in [1.165, 1.54) is 43.6 Å². The highest BCUT2D eigenvalue weighted by atomic mass is 16.5. The molecule has 1 aliphatic rings. The van der Waals surface area contributed by atoms with Gasteiger partial charge in [-0.15, -0.1) is 0 Å². The molecule has 0 bridgehead atoms. The minimum Gasteiger partial charge on any atom is -0.359 e. The molecule has 1 heterocycles. The van der Waals surface area contributed by atoms with E-state index >= 15 is 0 Å². The molecule has 1 atom stereocenters. The Balaban J connectivity index is 1.75. The van der Waals surface area contributed by atoms with E-state index in [1.54, 1.807) is 6.20 Å². The van der Waals surface area contributed by atoms with Gasteiger partial charge < -0.3 is 5.32 Å². The molecule has 0 radical (unpaired) electrons. The first-order chi connectivity index (χ1) is 10.7. The molecule has 0 aliphatic carbocycles. The summed E-state index contributed by atoms with van der Waals surface area (Å²) in [5.74, 6) is 0. The van der Waals surface area contributed by atoms with Crippen LogP contribution in [0.3, 0.4) is 0 Å². The second-order valence-corrected chi connectivity index (χ2v) is 6.52. The summed E-state index contributed by atoms with van der Waals surface area (Å²) in [7, 11) is 0. The standard InChI is InChI=1S/C19H30N2O/c1-3-4-5-6-7-8-12-15-19(2)20-18(16-21(19)22)17-13-10-9-11-14-17/h9-11,13-14,16,20,22H,3-8,12,15H2,1-2H3. The van der Waals surface area contributed by atoms with E-state index in [-0.39, 0.29) is 5.66 Å². The normalized spacial score (nSPS) is 20.9. The third-order valence-corrected chi connectivity index (χ3v) is 4.51. The molecule has 1 aromatic carbocycles. The molecule has 0 spiro atoms. The van der Waals surface area contributed by atoms with Gasteiger partial charge in [-0.2, -0.15) is 0 Å². The maximum absolute atomic E-state index is 10.2. The van der Waals surface area contributed by atoms with Crippen LogP contribution in [0, 0.1) is 0 Å². The minimum atomic E-state index is -0.380. The maximum atomic E-state index is 10.2. The van der Waals surface area contributed by atoms with Crippen LogP contribution in [-0.2, 0) is 0 Å². The number of hydrogen-bond acceptors (Lipinski definition) is 3. The van der Waals surface area contributed by atoms with Crippen molar-refractivity contribution in [3.8, 4) is 0 Å². The Labute approximate surface area is 135 Å². The SMILES string of the molecule is CCCCCCCCCC1(C)NC(c2ccccc2)=CN1O. The van der Waals surface area contributed by atoms with Gasteiger partial charge in [-0.25, -0.2) is 5.06 Å². The van der Waals surface area contributed by atoms with E-state index < -0.39 is 0 Å². The third-order valence-electron chi connectivity index (χ3n) is 4.51. The van der Waals surface area contributed by atoms with Gasteiger partial charge >= 0.3 is 0 Å². The molecule has 0 aromatic heterocycles. The Bertz CT molecular complexity index is 472. The number of unbranched alkanes of at least 4 members (excludes halogenated alkanes) is 6. The summed E-state index contributed by atoms with van der Waals surface area (Å²) in [6, 6.07) is 10.2.